The summed E-state index contributed by atoms with van der Waals surface area (Å²) in [4.78, 5) is 7.80. The topological polar surface area (TPSA) is 21.8 Å². The number of likely N-dealkylation sites (tertiary alicyclic amines) is 1. The lowest BCUT2D eigenvalue weighted by Crippen LogP contribution is -2.49. The van der Waals surface area contributed by atoms with Crippen LogP contribution in [-0.4, -0.2) is 86.2 Å². The Labute approximate surface area is 119 Å². The maximum atomic E-state index is 3.42. The molecule has 0 atom stereocenters. The fourth-order valence-electron chi connectivity index (χ4n) is 3.26. The average Bonchev–Trinajstić information content (AvgIpc) is 2.46. The van der Waals surface area contributed by atoms with Crippen LogP contribution in [0.1, 0.15) is 26.7 Å². The molecule has 2 saturated heterocycles. The van der Waals surface area contributed by atoms with Crippen LogP contribution in [0, 0.1) is 0 Å². The summed E-state index contributed by atoms with van der Waals surface area (Å²) in [7, 11) is 2.32. The van der Waals surface area contributed by atoms with Gasteiger partial charge in [0, 0.05) is 51.4 Å². The summed E-state index contributed by atoms with van der Waals surface area (Å²) in [6.45, 7) is 14.4. The number of hydrogen-bond acceptors (Lipinski definition) is 4. The van der Waals surface area contributed by atoms with Gasteiger partial charge in [-0.2, -0.15) is 0 Å². The lowest BCUT2D eigenvalue weighted by atomic mass is 10.0. The normalized spacial score (nSPS) is 24.5. The molecule has 4 heteroatoms. The smallest absolute Gasteiger partial charge is 0.0117 e. The van der Waals surface area contributed by atoms with Crippen molar-refractivity contribution >= 4 is 0 Å². The third kappa shape index (κ3) is 4.71. The van der Waals surface area contributed by atoms with Crippen molar-refractivity contribution in [1.29, 1.82) is 0 Å². The van der Waals surface area contributed by atoms with E-state index in [-0.39, 0.29) is 0 Å². The fourth-order valence-corrected chi connectivity index (χ4v) is 3.26. The number of hydrogen-bond donors (Lipinski definition) is 1. The van der Waals surface area contributed by atoms with Crippen LogP contribution in [0.25, 0.3) is 0 Å². The van der Waals surface area contributed by atoms with Crippen molar-refractivity contribution in [2.24, 2.45) is 0 Å². The number of likely N-dealkylation sites (N-methyl/N-ethyl adjacent to an activating group) is 1. The van der Waals surface area contributed by atoms with Gasteiger partial charge in [-0.1, -0.05) is 0 Å². The predicted molar refractivity (Wildman–Crippen MR) is 81.7 cm³/mol. The molecule has 2 rings (SSSR count). The second-order valence-electron chi connectivity index (χ2n) is 6.43. The molecule has 0 amide bonds. The number of nitrogens with one attached hydrogen (secondary N) is 1. The van der Waals surface area contributed by atoms with Gasteiger partial charge in [-0.25, -0.2) is 0 Å². The molecule has 1 N–H and O–H groups in total. The van der Waals surface area contributed by atoms with E-state index in [1.807, 2.05) is 0 Å². The Morgan fingerprint density at radius 2 is 1.74 bits per heavy atom. The van der Waals surface area contributed by atoms with Gasteiger partial charge in [-0.05, 0) is 46.8 Å². The van der Waals surface area contributed by atoms with Gasteiger partial charge >= 0.3 is 0 Å². The van der Waals surface area contributed by atoms with Crippen molar-refractivity contribution in [3.05, 3.63) is 0 Å². The minimum absolute atomic E-state index is 0.715. The zero-order valence-electron chi connectivity index (χ0n) is 13.1. The van der Waals surface area contributed by atoms with E-state index in [0.717, 1.165) is 19.1 Å². The molecule has 0 saturated carbocycles. The van der Waals surface area contributed by atoms with Crippen LogP contribution in [-0.2, 0) is 0 Å². The van der Waals surface area contributed by atoms with E-state index in [0.29, 0.717) is 6.04 Å². The molecule has 2 heterocycles. The third-order valence-electron chi connectivity index (χ3n) is 4.83. The number of rotatable bonds is 5. The Morgan fingerprint density at radius 3 is 2.32 bits per heavy atom. The van der Waals surface area contributed by atoms with E-state index in [2.05, 4.69) is 40.9 Å². The van der Waals surface area contributed by atoms with Gasteiger partial charge in [0.15, 0.2) is 0 Å². The maximum Gasteiger partial charge on any atom is 0.0117 e. The first kappa shape index (κ1) is 15.2. The van der Waals surface area contributed by atoms with Crippen LogP contribution >= 0.6 is 0 Å². The summed E-state index contributed by atoms with van der Waals surface area (Å²) >= 11 is 0. The number of piperazine rings is 1. The van der Waals surface area contributed by atoms with Crippen molar-refractivity contribution in [1.82, 2.24) is 20.0 Å². The van der Waals surface area contributed by atoms with Crippen LogP contribution in [0.15, 0.2) is 0 Å². The molecular weight excluding hydrogens is 236 g/mol. The molecule has 0 bridgehead atoms. The maximum absolute atomic E-state index is 3.42. The largest absolute Gasteiger partial charge is 0.314 e. The van der Waals surface area contributed by atoms with Crippen molar-refractivity contribution in [3.63, 3.8) is 0 Å². The van der Waals surface area contributed by atoms with Gasteiger partial charge in [0.25, 0.3) is 0 Å². The SMILES string of the molecule is CC(C)N1CCC(N(C)CCN2CCNCC2)CC1. The van der Waals surface area contributed by atoms with Crippen LogP contribution < -0.4 is 5.32 Å². The van der Waals surface area contributed by atoms with E-state index in [1.54, 1.807) is 0 Å². The summed E-state index contributed by atoms with van der Waals surface area (Å²) in [5.74, 6) is 0. The molecular formula is C15H32N4. The number of piperidine rings is 1. The fraction of sp³-hybridized carbons (Fsp3) is 1.00. The predicted octanol–water partition coefficient (Wildman–Crippen LogP) is 0.696. The summed E-state index contributed by atoms with van der Waals surface area (Å²) in [5, 5.41) is 3.42. The minimum atomic E-state index is 0.715. The summed E-state index contributed by atoms with van der Waals surface area (Å²) in [6.07, 6.45) is 2.69. The van der Waals surface area contributed by atoms with E-state index in [9.17, 15) is 0 Å². The first-order valence-corrected chi connectivity index (χ1v) is 8.04. The molecule has 2 fully saturated rings. The van der Waals surface area contributed by atoms with Crippen LogP contribution in [0.5, 0.6) is 0 Å². The minimum Gasteiger partial charge on any atom is -0.314 e. The van der Waals surface area contributed by atoms with Gasteiger partial charge in [0.05, 0.1) is 0 Å². The molecule has 0 spiro atoms. The molecule has 2 aliphatic heterocycles. The Morgan fingerprint density at radius 1 is 1.11 bits per heavy atom. The van der Waals surface area contributed by atoms with Crippen molar-refractivity contribution in [3.8, 4) is 0 Å². The number of nitrogens with zero attached hydrogens (tertiary/aromatic N) is 3. The van der Waals surface area contributed by atoms with E-state index in [1.165, 1.54) is 52.1 Å². The molecule has 0 radical (unpaired) electrons. The molecule has 4 nitrogen and oxygen atoms in total. The molecule has 0 aromatic heterocycles. The highest BCUT2D eigenvalue weighted by Crippen LogP contribution is 2.17. The summed E-state index contributed by atoms with van der Waals surface area (Å²) in [6, 6.07) is 1.52. The highest BCUT2D eigenvalue weighted by Gasteiger charge is 2.23. The highest BCUT2D eigenvalue weighted by molar-refractivity contribution is 4.80. The Hall–Kier alpha value is -0.160. The molecule has 0 aliphatic carbocycles. The lowest BCUT2D eigenvalue weighted by molar-refractivity contribution is 0.0981. The summed E-state index contributed by atoms with van der Waals surface area (Å²) < 4.78 is 0. The zero-order chi connectivity index (χ0) is 13.7. The van der Waals surface area contributed by atoms with Gasteiger partial charge in [-0.15, -0.1) is 0 Å². The lowest BCUT2D eigenvalue weighted by Gasteiger charge is -2.39. The Balaban J connectivity index is 1.64. The Bertz CT molecular complexity index is 243. The summed E-state index contributed by atoms with van der Waals surface area (Å²) in [5.41, 5.74) is 0. The van der Waals surface area contributed by atoms with E-state index >= 15 is 0 Å². The molecule has 112 valence electrons. The van der Waals surface area contributed by atoms with Gasteiger partial charge in [0.2, 0.25) is 0 Å². The van der Waals surface area contributed by atoms with Crippen LogP contribution in [0.2, 0.25) is 0 Å². The third-order valence-corrected chi connectivity index (χ3v) is 4.83. The van der Waals surface area contributed by atoms with E-state index in [4.69, 9.17) is 0 Å². The van der Waals surface area contributed by atoms with Crippen LogP contribution in [0.4, 0.5) is 0 Å². The second kappa shape index (κ2) is 7.58. The second-order valence-corrected chi connectivity index (χ2v) is 6.43. The molecule has 0 unspecified atom stereocenters. The van der Waals surface area contributed by atoms with Crippen molar-refractivity contribution in [2.75, 3.05) is 59.4 Å². The molecule has 2 aliphatic rings. The molecule has 19 heavy (non-hydrogen) atoms. The van der Waals surface area contributed by atoms with Gasteiger partial charge < -0.3 is 15.1 Å². The standard InChI is InChI=1S/C15H32N4/c1-14(2)19-8-4-15(5-9-19)17(3)12-13-18-10-6-16-7-11-18/h14-16H,4-13H2,1-3H3. The van der Waals surface area contributed by atoms with Crippen molar-refractivity contribution < 1.29 is 0 Å². The monoisotopic (exact) mass is 268 g/mol. The molecule has 0 aromatic rings. The Kier molecular flexibility index (Phi) is 6.07. The molecule has 0 aromatic carbocycles. The van der Waals surface area contributed by atoms with Gasteiger partial charge in [0.1, 0.15) is 0 Å². The quantitative estimate of drug-likeness (QED) is 0.792. The first-order valence-electron chi connectivity index (χ1n) is 8.04. The first-order chi connectivity index (χ1) is 9.16. The highest BCUT2D eigenvalue weighted by atomic mass is 15.2. The van der Waals surface area contributed by atoms with Crippen molar-refractivity contribution in [2.45, 2.75) is 38.8 Å². The van der Waals surface area contributed by atoms with Gasteiger partial charge in [-0.3, -0.25) is 4.90 Å². The van der Waals surface area contributed by atoms with E-state index < -0.39 is 0 Å². The average molecular weight is 268 g/mol. The van der Waals surface area contributed by atoms with Crippen LogP contribution in [0.3, 0.4) is 0 Å². The zero-order valence-corrected chi connectivity index (χ0v) is 13.1.